The Labute approximate surface area is 178 Å². The van der Waals surface area contributed by atoms with E-state index in [1.807, 2.05) is 0 Å². The van der Waals surface area contributed by atoms with Crippen molar-refractivity contribution in [2.75, 3.05) is 21.3 Å². The Morgan fingerprint density at radius 1 is 1.13 bits per heavy atom. The lowest BCUT2D eigenvalue weighted by Gasteiger charge is -2.12. The number of aromatic nitrogens is 3. The zero-order chi connectivity index (χ0) is 21.4. The summed E-state index contributed by atoms with van der Waals surface area (Å²) in [5.41, 5.74) is 0.314. The SMILES string of the molecule is COc1cc(-c2nc3s/c(=C\c4c(F)cccc4Cl)c(=O)n3n2)cc(OC)c1OC. The molecule has 0 aliphatic heterocycles. The highest BCUT2D eigenvalue weighted by Crippen LogP contribution is 2.40. The summed E-state index contributed by atoms with van der Waals surface area (Å²) in [6, 6.07) is 7.72. The van der Waals surface area contributed by atoms with E-state index in [0.717, 1.165) is 11.3 Å². The number of ether oxygens (including phenoxy) is 3. The zero-order valence-electron chi connectivity index (χ0n) is 16.1. The lowest BCUT2D eigenvalue weighted by atomic mass is 10.1. The van der Waals surface area contributed by atoms with Crippen molar-refractivity contribution in [1.82, 2.24) is 14.6 Å². The molecule has 0 unspecified atom stereocenters. The first kappa shape index (κ1) is 20.1. The number of halogens is 2. The van der Waals surface area contributed by atoms with Crippen molar-refractivity contribution in [1.29, 1.82) is 0 Å². The third-order valence-corrected chi connectivity index (χ3v) is 5.67. The molecule has 0 aliphatic carbocycles. The van der Waals surface area contributed by atoms with Crippen LogP contribution < -0.4 is 24.3 Å². The van der Waals surface area contributed by atoms with Gasteiger partial charge in [0, 0.05) is 11.1 Å². The van der Waals surface area contributed by atoms with Gasteiger partial charge >= 0.3 is 0 Å². The van der Waals surface area contributed by atoms with Crippen LogP contribution in [0.25, 0.3) is 22.4 Å². The van der Waals surface area contributed by atoms with Crippen LogP contribution in [0.5, 0.6) is 17.2 Å². The highest BCUT2D eigenvalue weighted by molar-refractivity contribution is 7.15. The summed E-state index contributed by atoms with van der Waals surface area (Å²) in [6.45, 7) is 0. The summed E-state index contributed by atoms with van der Waals surface area (Å²) in [4.78, 5) is 17.5. The summed E-state index contributed by atoms with van der Waals surface area (Å²) in [5, 5.41) is 4.52. The fourth-order valence-corrected chi connectivity index (χ4v) is 4.05. The van der Waals surface area contributed by atoms with Gasteiger partial charge in [0.15, 0.2) is 17.3 Å². The molecular weight excluding hydrogens is 433 g/mol. The molecule has 0 bridgehead atoms. The Kier molecular flexibility index (Phi) is 5.31. The molecule has 2 aromatic heterocycles. The number of fused-ring (bicyclic) bond motifs is 1. The molecule has 0 N–H and O–H groups in total. The normalized spacial score (nSPS) is 11.8. The molecule has 2 heterocycles. The Balaban J connectivity index is 1.84. The summed E-state index contributed by atoms with van der Waals surface area (Å²) < 4.78 is 31.5. The van der Waals surface area contributed by atoms with Crippen LogP contribution in [0.1, 0.15) is 5.56 Å². The first-order valence-corrected chi connectivity index (χ1v) is 9.82. The van der Waals surface area contributed by atoms with E-state index in [2.05, 4.69) is 10.1 Å². The van der Waals surface area contributed by atoms with Crippen LogP contribution >= 0.6 is 22.9 Å². The minimum Gasteiger partial charge on any atom is -0.493 e. The Morgan fingerprint density at radius 2 is 1.83 bits per heavy atom. The molecule has 30 heavy (non-hydrogen) atoms. The van der Waals surface area contributed by atoms with Gasteiger partial charge in [-0.15, -0.1) is 5.10 Å². The van der Waals surface area contributed by atoms with Gasteiger partial charge in [0.2, 0.25) is 10.7 Å². The maximum atomic E-state index is 14.1. The van der Waals surface area contributed by atoms with E-state index in [1.165, 1.54) is 44.1 Å². The van der Waals surface area contributed by atoms with E-state index in [4.69, 9.17) is 25.8 Å². The second-order valence-corrected chi connectivity index (χ2v) is 7.51. The lowest BCUT2D eigenvalue weighted by molar-refractivity contribution is 0.324. The first-order chi connectivity index (χ1) is 14.5. The third kappa shape index (κ3) is 3.35. The van der Waals surface area contributed by atoms with Gasteiger partial charge in [0.05, 0.1) is 30.9 Å². The van der Waals surface area contributed by atoms with Crippen LogP contribution in [0.3, 0.4) is 0 Å². The van der Waals surface area contributed by atoms with Crippen LogP contribution in [0.2, 0.25) is 5.02 Å². The molecule has 0 atom stereocenters. The van der Waals surface area contributed by atoms with Gasteiger partial charge in [-0.2, -0.15) is 9.50 Å². The Bertz CT molecular complexity index is 1320. The van der Waals surface area contributed by atoms with E-state index < -0.39 is 11.4 Å². The highest BCUT2D eigenvalue weighted by Gasteiger charge is 2.18. The maximum absolute atomic E-state index is 14.1. The number of methoxy groups -OCH3 is 3. The predicted molar refractivity (Wildman–Crippen MR) is 112 cm³/mol. The summed E-state index contributed by atoms with van der Waals surface area (Å²) in [5.74, 6) is 1.12. The molecule has 0 spiro atoms. The van der Waals surface area contributed by atoms with Crippen molar-refractivity contribution in [3.63, 3.8) is 0 Å². The van der Waals surface area contributed by atoms with Gasteiger partial charge in [-0.1, -0.05) is 29.0 Å². The predicted octanol–water partition coefficient (Wildman–Crippen LogP) is 3.18. The van der Waals surface area contributed by atoms with E-state index >= 15 is 0 Å². The smallest absolute Gasteiger partial charge is 0.291 e. The summed E-state index contributed by atoms with van der Waals surface area (Å²) in [7, 11) is 4.52. The second-order valence-electron chi connectivity index (χ2n) is 6.09. The highest BCUT2D eigenvalue weighted by atomic mass is 35.5. The van der Waals surface area contributed by atoms with Crippen molar-refractivity contribution in [3.05, 3.63) is 61.6 Å². The first-order valence-electron chi connectivity index (χ1n) is 8.62. The van der Waals surface area contributed by atoms with Crippen LogP contribution in [0, 0.1) is 5.82 Å². The lowest BCUT2D eigenvalue weighted by Crippen LogP contribution is -2.23. The molecule has 7 nitrogen and oxygen atoms in total. The summed E-state index contributed by atoms with van der Waals surface area (Å²) >= 11 is 7.14. The molecular formula is C20H15ClFN3O4S. The van der Waals surface area contributed by atoms with Crippen molar-refractivity contribution in [2.24, 2.45) is 0 Å². The average molecular weight is 448 g/mol. The third-order valence-electron chi connectivity index (χ3n) is 4.38. The number of benzene rings is 2. The topological polar surface area (TPSA) is 75.0 Å². The average Bonchev–Trinajstić information content (AvgIpc) is 3.29. The number of thiazole rings is 1. The molecule has 4 aromatic rings. The zero-order valence-corrected chi connectivity index (χ0v) is 17.7. The van der Waals surface area contributed by atoms with E-state index in [0.29, 0.717) is 33.6 Å². The van der Waals surface area contributed by atoms with Gasteiger partial charge in [0.1, 0.15) is 5.82 Å². The van der Waals surface area contributed by atoms with Crippen molar-refractivity contribution >= 4 is 34.0 Å². The maximum Gasteiger partial charge on any atom is 0.291 e. The molecule has 10 heteroatoms. The molecule has 0 aliphatic rings. The minimum absolute atomic E-state index is 0.144. The summed E-state index contributed by atoms with van der Waals surface area (Å²) in [6.07, 6.45) is 1.40. The number of hydrogen-bond acceptors (Lipinski definition) is 7. The van der Waals surface area contributed by atoms with E-state index in [1.54, 1.807) is 18.2 Å². The Morgan fingerprint density at radius 3 is 2.40 bits per heavy atom. The van der Waals surface area contributed by atoms with Gasteiger partial charge < -0.3 is 14.2 Å². The fourth-order valence-electron chi connectivity index (χ4n) is 2.95. The molecule has 2 aromatic carbocycles. The van der Waals surface area contributed by atoms with Gasteiger partial charge in [-0.05, 0) is 30.3 Å². The number of hydrogen-bond donors (Lipinski definition) is 0. The van der Waals surface area contributed by atoms with Gasteiger partial charge in [-0.25, -0.2) is 4.39 Å². The standard InChI is InChI=1S/C20H15ClFN3O4S/c1-27-14-7-10(8-15(28-2)17(14)29-3)18-23-20-25(24-18)19(26)16(30-20)9-11-12(21)5-4-6-13(11)22/h4-9H,1-3H3/b16-9-. The monoisotopic (exact) mass is 447 g/mol. The number of nitrogens with zero attached hydrogens (tertiary/aromatic N) is 3. The molecule has 4 rings (SSSR count). The quantitative estimate of drug-likeness (QED) is 0.468. The van der Waals surface area contributed by atoms with E-state index in [9.17, 15) is 9.18 Å². The van der Waals surface area contributed by atoms with Crippen LogP contribution in [-0.2, 0) is 0 Å². The van der Waals surface area contributed by atoms with Gasteiger partial charge in [0.25, 0.3) is 5.56 Å². The second kappa shape index (κ2) is 7.92. The molecule has 154 valence electrons. The van der Waals surface area contributed by atoms with Crippen molar-refractivity contribution in [2.45, 2.75) is 0 Å². The molecule has 0 amide bonds. The molecule has 0 saturated carbocycles. The van der Waals surface area contributed by atoms with Crippen LogP contribution in [-0.4, -0.2) is 35.9 Å². The van der Waals surface area contributed by atoms with Crippen LogP contribution in [0.4, 0.5) is 4.39 Å². The largest absolute Gasteiger partial charge is 0.493 e. The van der Waals surface area contributed by atoms with E-state index in [-0.39, 0.29) is 15.1 Å². The Hall–Kier alpha value is -3.17. The molecule has 0 radical (unpaired) electrons. The van der Waals surface area contributed by atoms with Crippen LogP contribution in [0.15, 0.2) is 35.1 Å². The molecule has 0 saturated heterocycles. The molecule has 0 fully saturated rings. The van der Waals surface area contributed by atoms with Crippen molar-refractivity contribution < 1.29 is 18.6 Å². The minimum atomic E-state index is -0.515. The fraction of sp³-hybridized carbons (Fsp3) is 0.150. The number of rotatable bonds is 5. The van der Waals surface area contributed by atoms with Gasteiger partial charge in [-0.3, -0.25) is 4.79 Å². The van der Waals surface area contributed by atoms with Crippen molar-refractivity contribution in [3.8, 4) is 28.6 Å².